The number of aromatic nitrogens is 2. The van der Waals surface area contributed by atoms with E-state index < -0.39 is 0 Å². The first kappa shape index (κ1) is 20.9. The van der Waals surface area contributed by atoms with Crippen molar-refractivity contribution < 1.29 is 14.1 Å². The molecule has 2 heterocycles. The summed E-state index contributed by atoms with van der Waals surface area (Å²) >= 11 is 0. The van der Waals surface area contributed by atoms with Crippen LogP contribution in [0.5, 0.6) is 5.75 Å². The molecule has 1 atom stereocenters. The van der Waals surface area contributed by atoms with Gasteiger partial charge in [-0.25, -0.2) is 4.79 Å². The van der Waals surface area contributed by atoms with Gasteiger partial charge in [-0.05, 0) is 50.3 Å². The normalized spacial score (nSPS) is 16.2. The number of hydrogen-bond acceptors (Lipinski definition) is 5. The molecule has 31 heavy (non-hydrogen) atoms. The summed E-state index contributed by atoms with van der Waals surface area (Å²) in [6.45, 7) is 3.51. The Bertz CT molecular complexity index is 972. The summed E-state index contributed by atoms with van der Waals surface area (Å²) in [6, 6.07) is 17.7. The number of rotatable bonds is 7. The third kappa shape index (κ3) is 5.63. The van der Waals surface area contributed by atoms with E-state index in [1.54, 1.807) is 0 Å². The molecule has 4 rings (SSSR count). The molecule has 0 aliphatic carbocycles. The average Bonchev–Trinajstić information content (AvgIpc) is 3.28. The number of amides is 2. The highest BCUT2D eigenvalue weighted by Gasteiger charge is 2.31. The maximum Gasteiger partial charge on any atom is 0.318 e. The zero-order valence-corrected chi connectivity index (χ0v) is 17.8. The maximum atomic E-state index is 12.8. The van der Waals surface area contributed by atoms with Gasteiger partial charge in [-0.3, -0.25) is 0 Å². The lowest BCUT2D eigenvalue weighted by molar-refractivity contribution is 0.146. The van der Waals surface area contributed by atoms with Crippen molar-refractivity contribution in [3.8, 4) is 5.75 Å². The zero-order valence-electron chi connectivity index (χ0n) is 17.8. The van der Waals surface area contributed by atoms with Gasteiger partial charge in [-0.15, -0.1) is 0 Å². The van der Waals surface area contributed by atoms with E-state index in [4.69, 9.17) is 9.26 Å². The number of ether oxygens (including phenoxy) is 1. The first-order chi connectivity index (χ1) is 15.2. The minimum atomic E-state index is -0.178. The topological polar surface area (TPSA) is 80.5 Å². The van der Waals surface area contributed by atoms with Gasteiger partial charge in [0.25, 0.3) is 5.89 Å². The van der Waals surface area contributed by atoms with Crippen molar-refractivity contribution >= 4 is 6.03 Å². The summed E-state index contributed by atoms with van der Waals surface area (Å²) in [5.41, 5.74) is 2.38. The molecule has 1 aliphatic heterocycles. The second kappa shape index (κ2) is 10.1. The molecule has 1 aromatic heterocycles. The fourth-order valence-electron chi connectivity index (χ4n) is 3.74. The third-order valence-corrected chi connectivity index (χ3v) is 5.46. The lowest BCUT2D eigenvalue weighted by Crippen LogP contribution is -2.45. The van der Waals surface area contributed by atoms with E-state index in [2.05, 4.69) is 27.6 Å². The third-order valence-electron chi connectivity index (χ3n) is 5.46. The average molecular weight is 421 g/mol. The number of aryl methyl sites for hydroxylation is 1. The van der Waals surface area contributed by atoms with E-state index in [9.17, 15) is 4.79 Å². The minimum absolute atomic E-state index is 0.0807. The number of carbonyl (C=O) groups excluding carboxylic acids is 1. The van der Waals surface area contributed by atoms with Gasteiger partial charge in [0.05, 0.1) is 6.04 Å². The Morgan fingerprint density at radius 2 is 1.97 bits per heavy atom. The molecule has 0 spiro atoms. The molecule has 1 saturated heterocycles. The fourth-order valence-corrected chi connectivity index (χ4v) is 3.74. The van der Waals surface area contributed by atoms with Gasteiger partial charge in [0.15, 0.2) is 12.4 Å². The predicted octanol–water partition coefficient (Wildman–Crippen LogP) is 4.44. The second-order valence-corrected chi connectivity index (χ2v) is 7.82. The molecule has 0 saturated carbocycles. The van der Waals surface area contributed by atoms with Crippen LogP contribution in [0, 0.1) is 6.92 Å². The van der Waals surface area contributed by atoms with E-state index >= 15 is 0 Å². The molecular weight excluding hydrogens is 392 g/mol. The van der Waals surface area contributed by atoms with E-state index in [0.717, 1.165) is 31.4 Å². The van der Waals surface area contributed by atoms with Crippen LogP contribution in [0.2, 0.25) is 0 Å². The Kier molecular flexibility index (Phi) is 6.82. The van der Waals surface area contributed by atoms with Crippen molar-refractivity contribution in [3.05, 3.63) is 77.4 Å². The van der Waals surface area contributed by atoms with Crippen LogP contribution in [0.25, 0.3) is 0 Å². The van der Waals surface area contributed by atoms with Crippen LogP contribution in [-0.2, 0) is 13.0 Å². The Morgan fingerprint density at radius 1 is 1.16 bits per heavy atom. The number of hydrogen-bond donors (Lipinski definition) is 1. The largest absolute Gasteiger partial charge is 0.484 e. The maximum absolute atomic E-state index is 12.8. The Labute approximate surface area is 182 Å². The van der Waals surface area contributed by atoms with E-state index in [0.29, 0.717) is 24.8 Å². The number of carbonyl (C=O) groups is 1. The summed E-state index contributed by atoms with van der Waals surface area (Å²) in [5, 5.41) is 7.17. The molecule has 1 N–H and O–H groups in total. The molecule has 0 bridgehead atoms. The quantitative estimate of drug-likeness (QED) is 0.611. The summed E-state index contributed by atoms with van der Waals surface area (Å²) < 4.78 is 11.1. The monoisotopic (exact) mass is 420 g/mol. The van der Waals surface area contributed by atoms with Crippen molar-refractivity contribution in [1.82, 2.24) is 20.4 Å². The number of nitrogens with zero attached hydrogens (tertiary/aromatic N) is 3. The van der Waals surface area contributed by atoms with Crippen LogP contribution >= 0.6 is 0 Å². The summed E-state index contributed by atoms with van der Waals surface area (Å²) in [7, 11) is 0. The van der Waals surface area contributed by atoms with Crippen molar-refractivity contribution in [2.75, 3.05) is 13.1 Å². The Hall–Kier alpha value is -3.35. The molecule has 2 amide bonds. The Morgan fingerprint density at radius 3 is 2.77 bits per heavy atom. The number of likely N-dealkylation sites (tertiary alicyclic amines) is 1. The van der Waals surface area contributed by atoms with Crippen molar-refractivity contribution in [3.63, 3.8) is 0 Å². The molecule has 162 valence electrons. The minimum Gasteiger partial charge on any atom is -0.484 e. The zero-order chi connectivity index (χ0) is 21.5. The van der Waals surface area contributed by atoms with Gasteiger partial charge < -0.3 is 19.5 Å². The number of nitrogens with one attached hydrogen (secondary N) is 1. The molecule has 7 nitrogen and oxygen atoms in total. The SMILES string of the molecule is Cc1ccc(OCc2nc(C3CCCCN3C(=O)NCCc3ccccc3)no2)cc1. The summed E-state index contributed by atoms with van der Waals surface area (Å²) in [5.74, 6) is 1.70. The second-order valence-electron chi connectivity index (χ2n) is 7.82. The molecule has 1 aliphatic rings. The molecule has 1 unspecified atom stereocenters. The number of piperidine rings is 1. The van der Waals surface area contributed by atoms with E-state index in [1.165, 1.54) is 11.1 Å². The first-order valence-corrected chi connectivity index (χ1v) is 10.8. The van der Waals surface area contributed by atoms with Gasteiger partial charge in [0.2, 0.25) is 0 Å². The van der Waals surface area contributed by atoms with Crippen LogP contribution in [0.4, 0.5) is 4.79 Å². The Balaban J connectivity index is 1.33. The smallest absolute Gasteiger partial charge is 0.318 e. The van der Waals surface area contributed by atoms with Crippen LogP contribution < -0.4 is 10.1 Å². The van der Waals surface area contributed by atoms with Crippen molar-refractivity contribution in [1.29, 1.82) is 0 Å². The highest BCUT2D eigenvalue weighted by Crippen LogP contribution is 2.29. The van der Waals surface area contributed by atoms with Crippen LogP contribution in [0.3, 0.4) is 0 Å². The molecule has 3 aromatic rings. The van der Waals surface area contributed by atoms with Gasteiger partial charge in [0.1, 0.15) is 5.75 Å². The molecule has 1 fully saturated rings. The number of urea groups is 1. The van der Waals surface area contributed by atoms with Crippen LogP contribution in [0.15, 0.2) is 59.1 Å². The lowest BCUT2D eigenvalue weighted by atomic mass is 10.0. The highest BCUT2D eigenvalue weighted by atomic mass is 16.5. The fraction of sp³-hybridized carbons (Fsp3) is 0.375. The number of benzene rings is 2. The predicted molar refractivity (Wildman–Crippen MR) is 117 cm³/mol. The van der Waals surface area contributed by atoms with E-state index in [-0.39, 0.29) is 18.7 Å². The van der Waals surface area contributed by atoms with Crippen molar-refractivity contribution in [2.24, 2.45) is 0 Å². The van der Waals surface area contributed by atoms with Crippen molar-refractivity contribution in [2.45, 2.75) is 45.3 Å². The molecular formula is C24H28N4O3. The van der Waals surface area contributed by atoms with Crippen LogP contribution in [0.1, 0.15) is 48.1 Å². The van der Waals surface area contributed by atoms with Gasteiger partial charge in [-0.2, -0.15) is 4.98 Å². The molecule has 2 aromatic carbocycles. The summed E-state index contributed by atoms with van der Waals surface area (Å²) in [6.07, 6.45) is 3.63. The highest BCUT2D eigenvalue weighted by molar-refractivity contribution is 5.74. The first-order valence-electron chi connectivity index (χ1n) is 10.8. The molecule has 0 radical (unpaired) electrons. The van der Waals surface area contributed by atoms with Crippen LogP contribution in [-0.4, -0.2) is 34.2 Å². The molecule has 7 heteroatoms. The van der Waals surface area contributed by atoms with Gasteiger partial charge in [0, 0.05) is 13.1 Å². The lowest BCUT2D eigenvalue weighted by Gasteiger charge is -2.33. The summed E-state index contributed by atoms with van der Waals surface area (Å²) in [4.78, 5) is 19.1. The van der Waals surface area contributed by atoms with Gasteiger partial charge >= 0.3 is 6.03 Å². The van der Waals surface area contributed by atoms with Gasteiger partial charge in [-0.1, -0.05) is 53.2 Å². The van der Waals surface area contributed by atoms with E-state index in [1.807, 2.05) is 54.3 Å². The standard InChI is InChI=1S/C24H28N4O3/c1-18-10-12-20(13-11-18)30-17-22-26-23(27-31-22)21-9-5-6-16-28(21)24(29)25-15-14-19-7-3-2-4-8-19/h2-4,7-8,10-13,21H,5-6,9,14-17H2,1H3,(H,25,29).